The molecule has 3 aromatic carbocycles. The lowest BCUT2D eigenvalue weighted by molar-refractivity contribution is -0.132. The van der Waals surface area contributed by atoms with Gasteiger partial charge in [0, 0.05) is 47.6 Å². The molecule has 38 heavy (non-hydrogen) atoms. The lowest BCUT2D eigenvalue weighted by Gasteiger charge is -2.20. The number of anilines is 1. The van der Waals surface area contributed by atoms with Gasteiger partial charge in [-0.3, -0.25) is 0 Å². The summed E-state index contributed by atoms with van der Waals surface area (Å²) in [7, 11) is 0. The third-order valence-corrected chi connectivity index (χ3v) is 6.19. The molecule has 0 radical (unpaired) electrons. The maximum Gasteiger partial charge on any atom is 0.328 e. The van der Waals surface area contributed by atoms with Crippen LogP contribution in [0.5, 0.6) is 0 Å². The second-order valence-corrected chi connectivity index (χ2v) is 8.62. The summed E-state index contributed by atoms with van der Waals surface area (Å²) in [5.41, 5.74) is 7.03. The number of aromatic nitrogens is 2. The highest BCUT2D eigenvalue weighted by atomic mass is 16.4. The number of rotatable bonds is 10. The third-order valence-electron chi connectivity index (χ3n) is 6.19. The van der Waals surface area contributed by atoms with E-state index in [1.165, 1.54) is 0 Å². The minimum atomic E-state index is -0.998. The molecule has 0 aliphatic heterocycles. The van der Waals surface area contributed by atoms with Crippen molar-refractivity contribution >= 4 is 29.8 Å². The Morgan fingerprint density at radius 3 is 1.68 bits per heavy atom. The first-order chi connectivity index (χ1) is 18.4. The molecule has 1 aromatic heterocycles. The number of aromatic amines is 1. The number of aliphatic carboxylic acids is 2. The first kappa shape index (κ1) is 26.2. The summed E-state index contributed by atoms with van der Waals surface area (Å²) >= 11 is 0. The van der Waals surface area contributed by atoms with E-state index in [1.54, 1.807) is 12.2 Å². The molecule has 0 bridgehead atoms. The number of carboxylic acid groups (broad SMARTS) is 2. The molecule has 0 saturated carbocycles. The van der Waals surface area contributed by atoms with Gasteiger partial charge in [0.15, 0.2) is 0 Å². The van der Waals surface area contributed by atoms with Gasteiger partial charge in [-0.2, -0.15) is 0 Å². The third kappa shape index (κ3) is 6.25. The highest BCUT2D eigenvalue weighted by Crippen LogP contribution is 2.34. The predicted octanol–water partition coefficient (Wildman–Crippen LogP) is 6.45. The first-order valence-corrected chi connectivity index (χ1v) is 12.4. The number of imidazole rings is 1. The summed E-state index contributed by atoms with van der Waals surface area (Å²) in [4.78, 5) is 32.4. The molecule has 0 aliphatic carbocycles. The standard InChI is InChI=1S/C31H29N3O4/c1-3-34(4-2)26-17-15-25(16-18-26)31-32-29(23-11-5-21(6-12-23)9-19-27(35)36)30(33-31)24-13-7-22(8-14-24)10-20-28(37)38/h5-20H,3-4H2,1-2H3,(H,32,33)(H,35,36)(H,37,38)/b19-9+,20-10+. The van der Waals surface area contributed by atoms with Crippen molar-refractivity contribution in [3.05, 3.63) is 96.1 Å². The van der Waals surface area contributed by atoms with Gasteiger partial charge in [-0.15, -0.1) is 0 Å². The van der Waals surface area contributed by atoms with Crippen molar-refractivity contribution in [3.8, 4) is 33.9 Å². The van der Waals surface area contributed by atoms with Gasteiger partial charge in [0.05, 0.1) is 11.4 Å². The van der Waals surface area contributed by atoms with Crippen LogP contribution in [-0.4, -0.2) is 45.2 Å². The van der Waals surface area contributed by atoms with E-state index < -0.39 is 11.9 Å². The molecule has 0 fully saturated rings. The summed E-state index contributed by atoms with van der Waals surface area (Å²) in [6, 6.07) is 23.4. The Labute approximate surface area is 221 Å². The molecule has 4 rings (SSSR count). The van der Waals surface area contributed by atoms with Gasteiger partial charge in [0.1, 0.15) is 5.82 Å². The van der Waals surface area contributed by atoms with Crippen molar-refractivity contribution in [2.45, 2.75) is 13.8 Å². The summed E-state index contributed by atoms with van der Waals surface area (Å²) in [6.07, 6.45) is 5.31. The number of carboxylic acids is 2. The van der Waals surface area contributed by atoms with Gasteiger partial charge in [0.25, 0.3) is 0 Å². The van der Waals surface area contributed by atoms with E-state index in [2.05, 4.69) is 48.0 Å². The van der Waals surface area contributed by atoms with E-state index >= 15 is 0 Å². The molecule has 0 amide bonds. The molecule has 192 valence electrons. The molecule has 7 nitrogen and oxygen atoms in total. The van der Waals surface area contributed by atoms with Crippen molar-refractivity contribution < 1.29 is 19.8 Å². The topological polar surface area (TPSA) is 107 Å². The molecular weight excluding hydrogens is 478 g/mol. The minimum Gasteiger partial charge on any atom is -0.478 e. The van der Waals surface area contributed by atoms with Crippen molar-refractivity contribution in [2.75, 3.05) is 18.0 Å². The number of benzene rings is 3. The van der Waals surface area contributed by atoms with Crippen molar-refractivity contribution in [2.24, 2.45) is 0 Å². The van der Waals surface area contributed by atoms with Gasteiger partial charge in [-0.05, 0) is 61.4 Å². The summed E-state index contributed by atoms with van der Waals surface area (Å²) in [5.74, 6) is -1.27. The summed E-state index contributed by atoms with van der Waals surface area (Å²) < 4.78 is 0. The van der Waals surface area contributed by atoms with Crippen LogP contribution in [0.25, 0.3) is 46.1 Å². The number of hydrogen-bond acceptors (Lipinski definition) is 4. The van der Waals surface area contributed by atoms with Crippen LogP contribution >= 0.6 is 0 Å². The Bertz CT molecular complexity index is 1380. The maximum atomic E-state index is 10.9. The lowest BCUT2D eigenvalue weighted by Crippen LogP contribution is -2.21. The molecule has 1 heterocycles. The van der Waals surface area contributed by atoms with E-state index in [4.69, 9.17) is 15.2 Å². The van der Waals surface area contributed by atoms with Crippen LogP contribution in [-0.2, 0) is 9.59 Å². The highest BCUT2D eigenvalue weighted by Gasteiger charge is 2.16. The SMILES string of the molecule is CCN(CC)c1ccc(-c2nc(-c3ccc(/C=C/C(=O)O)cc3)c(-c3ccc(/C=C/C(=O)O)cc3)[nH]2)cc1. The Morgan fingerprint density at radius 2 is 1.21 bits per heavy atom. The molecule has 4 aromatic rings. The second-order valence-electron chi connectivity index (χ2n) is 8.62. The average molecular weight is 508 g/mol. The monoisotopic (exact) mass is 507 g/mol. The molecule has 0 aliphatic rings. The van der Waals surface area contributed by atoms with E-state index in [0.717, 1.165) is 76.0 Å². The smallest absolute Gasteiger partial charge is 0.328 e. The number of H-pyrrole nitrogens is 1. The lowest BCUT2D eigenvalue weighted by atomic mass is 10.0. The number of carbonyl (C=O) groups is 2. The number of hydrogen-bond donors (Lipinski definition) is 3. The molecule has 3 N–H and O–H groups in total. The van der Waals surface area contributed by atoms with Gasteiger partial charge < -0.3 is 20.1 Å². The van der Waals surface area contributed by atoms with Crippen LogP contribution in [0, 0.1) is 0 Å². The Morgan fingerprint density at radius 1 is 0.737 bits per heavy atom. The van der Waals surface area contributed by atoms with Crippen molar-refractivity contribution in [3.63, 3.8) is 0 Å². The van der Waals surface area contributed by atoms with Gasteiger partial charge >= 0.3 is 11.9 Å². The van der Waals surface area contributed by atoms with Crippen LogP contribution in [0.3, 0.4) is 0 Å². The largest absolute Gasteiger partial charge is 0.478 e. The van der Waals surface area contributed by atoms with Crippen LogP contribution in [0.4, 0.5) is 5.69 Å². The van der Waals surface area contributed by atoms with Crippen molar-refractivity contribution in [1.82, 2.24) is 9.97 Å². The van der Waals surface area contributed by atoms with Gasteiger partial charge in [-0.1, -0.05) is 48.5 Å². The Balaban J connectivity index is 1.74. The van der Waals surface area contributed by atoms with E-state index in [1.807, 2.05) is 48.5 Å². The average Bonchev–Trinajstić information content (AvgIpc) is 3.38. The molecular formula is C31H29N3O4. The maximum absolute atomic E-state index is 10.9. The predicted molar refractivity (Wildman–Crippen MR) is 152 cm³/mol. The molecule has 7 heteroatoms. The van der Waals surface area contributed by atoms with Crippen LogP contribution in [0.2, 0.25) is 0 Å². The zero-order chi connectivity index (χ0) is 27.1. The minimum absolute atomic E-state index is 0.728. The van der Waals surface area contributed by atoms with Gasteiger partial charge in [0.2, 0.25) is 0 Å². The van der Waals surface area contributed by atoms with E-state index in [9.17, 15) is 9.59 Å². The fourth-order valence-corrected chi connectivity index (χ4v) is 4.19. The van der Waals surface area contributed by atoms with Crippen LogP contribution in [0.15, 0.2) is 84.9 Å². The molecule has 0 unspecified atom stereocenters. The zero-order valence-corrected chi connectivity index (χ0v) is 21.3. The van der Waals surface area contributed by atoms with Crippen LogP contribution in [0.1, 0.15) is 25.0 Å². The van der Waals surface area contributed by atoms with E-state index in [-0.39, 0.29) is 0 Å². The first-order valence-electron chi connectivity index (χ1n) is 12.4. The summed E-state index contributed by atoms with van der Waals surface area (Å²) in [5, 5.41) is 17.8. The normalized spacial score (nSPS) is 11.3. The molecule has 0 saturated heterocycles. The number of nitrogens with one attached hydrogen (secondary N) is 1. The Kier molecular flexibility index (Phi) is 8.18. The number of nitrogens with zero attached hydrogens (tertiary/aromatic N) is 2. The van der Waals surface area contributed by atoms with E-state index in [0.29, 0.717) is 0 Å². The van der Waals surface area contributed by atoms with Crippen LogP contribution < -0.4 is 4.90 Å². The quantitative estimate of drug-likeness (QED) is 0.213. The summed E-state index contributed by atoms with van der Waals surface area (Å²) in [6.45, 7) is 6.13. The molecule has 0 spiro atoms. The Hall–Kier alpha value is -4.91. The van der Waals surface area contributed by atoms with Crippen molar-refractivity contribution in [1.29, 1.82) is 0 Å². The fraction of sp³-hybridized carbons (Fsp3) is 0.129. The molecule has 0 atom stereocenters. The second kappa shape index (κ2) is 11.9. The zero-order valence-electron chi connectivity index (χ0n) is 21.3. The highest BCUT2D eigenvalue weighted by molar-refractivity contribution is 5.87. The van der Waals surface area contributed by atoms with Gasteiger partial charge in [-0.25, -0.2) is 14.6 Å². The fourth-order valence-electron chi connectivity index (χ4n) is 4.19.